The van der Waals surface area contributed by atoms with Crippen LogP contribution in [0.2, 0.25) is 0 Å². The Hall–Kier alpha value is -2.49. The lowest BCUT2D eigenvalue weighted by Crippen LogP contribution is -2.23. The topological polar surface area (TPSA) is 76.9 Å². The molecule has 0 saturated heterocycles. The van der Waals surface area contributed by atoms with Crippen LogP contribution in [0.15, 0.2) is 51.9 Å². The summed E-state index contributed by atoms with van der Waals surface area (Å²) in [4.78, 5) is 35.2. The van der Waals surface area contributed by atoms with Gasteiger partial charge in [0.25, 0.3) is 5.56 Å². The summed E-state index contributed by atoms with van der Waals surface area (Å²) in [6, 6.07) is 10.2. The van der Waals surface area contributed by atoms with E-state index in [9.17, 15) is 9.59 Å². The maximum absolute atomic E-state index is 13.2. The van der Waals surface area contributed by atoms with Crippen LogP contribution in [0.25, 0.3) is 20.7 Å². The average molecular weight is 457 g/mol. The van der Waals surface area contributed by atoms with Gasteiger partial charge in [0.15, 0.2) is 10.3 Å². The van der Waals surface area contributed by atoms with Crippen LogP contribution in [-0.4, -0.2) is 26.2 Å². The van der Waals surface area contributed by atoms with Gasteiger partial charge >= 0.3 is 0 Å². The van der Waals surface area contributed by atoms with Crippen molar-refractivity contribution in [3.8, 4) is 10.4 Å². The Bertz CT molecular complexity index is 1230. The highest BCUT2D eigenvalue weighted by molar-refractivity contribution is 7.99. The van der Waals surface area contributed by atoms with E-state index in [-0.39, 0.29) is 17.2 Å². The molecule has 0 saturated carbocycles. The molecule has 0 bridgehead atoms. The summed E-state index contributed by atoms with van der Waals surface area (Å²) in [7, 11) is 0. The first-order valence-corrected chi connectivity index (χ1v) is 12.2. The van der Waals surface area contributed by atoms with E-state index in [4.69, 9.17) is 4.98 Å². The third kappa shape index (κ3) is 4.48. The molecule has 4 rings (SSSR count). The first-order valence-electron chi connectivity index (χ1n) is 9.48. The van der Waals surface area contributed by atoms with E-state index in [0.29, 0.717) is 27.0 Å². The monoisotopic (exact) mass is 456 g/mol. The molecule has 0 aliphatic carbocycles. The van der Waals surface area contributed by atoms with Crippen LogP contribution in [0.3, 0.4) is 0 Å². The largest absolute Gasteiger partial charge is 0.301 e. The number of hydrogen-bond acceptors (Lipinski definition) is 7. The number of fused-ring (bicyclic) bond motifs is 1. The fraction of sp³-hybridized carbons (Fsp3) is 0.238. The minimum Gasteiger partial charge on any atom is -0.301 e. The molecule has 3 aromatic heterocycles. The van der Waals surface area contributed by atoms with Crippen LogP contribution in [0, 0.1) is 6.92 Å². The molecule has 1 amide bonds. The van der Waals surface area contributed by atoms with E-state index in [0.717, 1.165) is 16.9 Å². The lowest BCUT2D eigenvalue weighted by molar-refractivity contribution is -0.113. The lowest BCUT2D eigenvalue weighted by Gasteiger charge is -2.10. The second-order valence-electron chi connectivity index (χ2n) is 6.72. The van der Waals surface area contributed by atoms with Crippen LogP contribution in [-0.2, 0) is 11.3 Å². The number of aromatic nitrogens is 3. The highest BCUT2D eigenvalue weighted by Gasteiger charge is 2.16. The van der Waals surface area contributed by atoms with Crippen LogP contribution in [0.1, 0.15) is 18.9 Å². The van der Waals surface area contributed by atoms with E-state index < -0.39 is 0 Å². The highest BCUT2D eigenvalue weighted by atomic mass is 32.2. The summed E-state index contributed by atoms with van der Waals surface area (Å²) >= 11 is 4.11. The molecule has 154 valence electrons. The van der Waals surface area contributed by atoms with Gasteiger partial charge in [-0.05, 0) is 25.0 Å². The molecule has 0 aliphatic rings. The Morgan fingerprint density at radius 2 is 2.07 bits per heavy atom. The fourth-order valence-corrected chi connectivity index (χ4v) is 5.37. The van der Waals surface area contributed by atoms with Crippen LogP contribution >= 0.6 is 34.4 Å². The third-order valence-corrected chi connectivity index (χ3v) is 7.22. The number of amides is 1. The van der Waals surface area contributed by atoms with Gasteiger partial charge in [-0.3, -0.25) is 14.2 Å². The molecule has 0 spiro atoms. The molecule has 0 fully saturated rings. The van der Waals surface area contributed by atoms with Crippen LogP contribution in [0.5, 0.6) is 0 Å². The van der Waals surface area contributed by atoms with Crippen molar-refractivity contribution in [3.63, 3.8) is 0 Å². The number of thiophene rings is 1. The van der Waals surface area contributed by atoms with Crippen molar-refractivity contribution in [2.24, 2.45) is 0 Å². The predicted octanol–water partition coefficient (Wildman–Crippen LogP) is 5.03. The summed E-state index contributed by atoms with van der Waals surface area (Å²) < 4.78 is 2.33. The molecule has 30 heavy (non-hydrogen) atoms. The number of carbonyl (C=O) groups is 1. The summed E-state index contributed by atoms with van der Waals surface area (Å²) in [5.41, 5.74) is 2.89. The van der Waals surface area contributed by atoms with Gasteiger partial charge in [-0.25, -0.2) is 9.97 Å². The molecule has 0 radical (unpaired) electrons. The maximum atomic E-state index is 13.2. The van der Waals surface area contributed by atoms with Gasteiger partial charge in [-0.2, -0.15) is 0 Å². The Balaban J connectivity index is 1.64. The SMILES string of the molecule is CCCn1c(SCC(=O)Nc2nccs2)nc2cc(-c3ccc(C)cc3)sc2c1=O. The van der Waals surface area contributed by atoms with Gasteiger partial charge in [0.1, 0.15) is 4.70 Å². The molecule has 4 aromatic rings. The zero-order valence-electron chi connectivity index (χ0n) is 16.5. The van der Waals surface area contributed by atoms with Crippen LogP contribution in [0.4, 0.5) is 5.13 Å². The molecule has 0 aliphatic heterocycles. The molecule has 3 heterocycles. The first-order chi connectivity index (χ1) is 14.5. The number of aryl methyl sites for hydroxylation is 1. The summed E-state index contributed by atoms with van der Waals surface area (Å²) in [6.07, 6.45) is 2.45. The van der Waals surface area contributed by atoms with E-state index >= 15 is 0 Å². The normalized spacial score (nSPS) is 11.1. The molecular formula is C21H20N4O2S3. The number of thiazole rings is 1. The van der Waals surface area contributed by atoms with Gasteiger partial charge in [0, 0.05) is 23.0 Å². The van der Waals surface area contributed by atoms with Gasteiger partial charge in [0.05, 0.1) is 11.3 Å². The first kappa shape index (κ1) is 20.8. The minimum absolute atomic E-state index is 0.0481. The fourth-order valence-electron chi connectivity index (χ4n) is 2.95. The van der Waals surface area contributed by atoms with Crippen molar-refractivity contribution in [3.05, 3.63) is 57.8 Å². The average Bonchev–Trinajstić information content (AvgIpc) is 3.39. The number of carbonyl (C=O) groups excluding carboxylic acids is 1. The van der Waals surface area contributed by atoms with E-state index in [1.807, 2.05) is 19.9 Å². The molecule has 6 nitrogen and oxygen atoms in total. The molecule has 1 N–H and O–H groups in total. The zero-order chi connectivity index (χ0) is 21.1. The van der Waals surface area contributed by atoms with Gasteiger partial charge in [-0.1, -0.05) is 48.5 Å². The summed E-state index contributed by atoms with van der Waals surface area (Å²) in [6.45, 7) is 4.64. The number of hydrogen-bond donors (Lipinski definition) is 1. The molecular weight excluding hydrogens is 436 g/mol. The maximum Gasteiger partial charge on any atom is 0.272 e. The molecule has 0 unspecified atom stereocenters. The Labute approximate surface area is 186 Å². The Morgan fingerprint density at radius 3 is 2.77 bits per heavy atom. The second kappa shape index (κ2) is 9.11. The Morgan fingerprint density at radius 1 is 1.27 bits per heavy atom. The van der Waals surface area contributed by atoms with Crippen molar-refractivity contribution >= 4 is 55.7 Å². The van der Waals surface area contributed by atoms with E-state index in [1.54, 1.807) is 16.1 Å². The van der Waals surface area contributed by atoms with Gasteiger partial charge in [0.2, 0.25) is 5.91 Å². The Kier molecular flexibility index (Phi) is 6.31. The second-order valence-corrected chi connectivity index (χ2v) is 9.61. The number of anilines is 1. The summed E-state index contributed by atoms with van der Waals surface area (Å²) in [5.74, 6) is -0.00562. The summed E-state index contributed by atoms with van der Waals surface area (Å²) in [5, 5.41) is 5.70. The number of thioether (sulfide) groups is 1. The number of nitrogens with zero attached hydrogens (tertiary/aromatic N) is 3. The number of nitrogens with one attached hydrogen (secondary N) is 1. The van der Waals surface area contributed by atoms with E-state index in [1.165, 1.54) is 40.0 Å². The van der Waals surface area contributed by atoms with Crippen LogP contribution < -0.4 is 10.9 Å². The smallest absolute Gasteiger partial charge is 0.272 e. The number of rotatable bonds is 7. The molecule has 0 atom stereocenters. The van der Waals surface area contributed by atoms with Crippen molar-refractivity contribution in [1.82, 2.24) is 14.5 Å². The van der Waals surface area contributed by atoms with Crippen molar-refractivity contribution in [2.75, 3.05) is 11.1 Å². The molecule has 9 heteroatoms. The highest BCUT2D eigenvalue weighted by Crippen LogP contribution is 2.32. The van der Waals surface area contributed by atoms with Gasteiger partial charge < -0.3 is 5.32 Å². The zero-order valence-corrected chi connectivity index (χ0v) is 19.0. The quantitative estimate of drug-likeness (QED) is 0.312. The molecule has 1 aromatic carbocycles. The predicted molar refractivity (Wildman–Crippen MR) is 126 cm³/mol. The van der Waals surface area contributed by atoms with Crippen molar-refractivity contribution in [2.45, 2.75) is 32.0 Å². The van der Waals surface area contributed by atoms with Crippen molar-refractivity contribution in [1.29, 1.82) is 0 Å². The standard InChI is InChI=1S/C21H20N4O2S3/c1-3-9-25-19(27)18-15(11-16(30-18)14-6-4-13(2)5-7-14)23-21(25)29-12-17(26)24-20-22-8-10-28-20/h4-8,10-11H,3,9,12H2,1-2H3,(H,22,24,26). The lowest BCUT2D eigenvalue weighted by atomic mass is 10.1. The minimum atomic E-state index is -0.169. The van der Waals surface area contributed by atoms with E-state index in [2.05, 4.69) is 34.6 Å². The van der Waals surface area contributed by atoms with Crippen molar-refractivity contribution < 1.29 is 4.79 Å². The third-order valence-electron chi connectivity index (χ3n) is 4.39. The number of benzene rings is 1. The van der Waals surface area contributed by atoms with Gasteiger partial charge in [-0.15, -0.1) is 22.7 Å².